The minimum atomic E-state index is -1.52. The molecule has 0 unspecified atom stereocenters. The number of aliphatic hydroxyl groups excluding tert-OH is 1. The van der Waals surface area contributed by atoms with Gasteiger partial charge in [0.15, 0.2) is 29.8 Å². The molecule has 1 rings (SSSR count). The van der Waals surface area contributed by atoms with Crippen molar-refractivity contribution in [2.75, 3.05) is 58.9 Å². The standard InChI is InChI=1S/C60H117N29O13/c1-33(80-46(92)37(18-9-27-75-56(65)66)87-53(99)43-23-14-32-89(43)54(100)44(64)34(2)90)45(91)81-38(19-10-28-76-57(67)68)49(95)84-40(21-12-30-78-59(71)72)51(97)85-39(20-11-29-77-58(69)70)50(96)83-35(15-3-6-24-61)47(93)82-36(16-4-7-25-62)48(94)86-41(22-13-31-79-60(73)74)52(98)88-42(55(101)102)17-5-8-26-63/h33-44,90H,3-32,61-64H2,1-2H3,(H,80,92)(H,81,91)(H,82,93)(H,83,96)(H,84,95)(H,85,97)(H,86,94)(H,87,99)(H,88,98)(H,101,102)(H4,65,66,75)(H4,67,68,76)(H4,69,70,77)(H4,71,72,78)(H4,73,74,79)/t33-,34+,35-,36-,37-,38-,39-,40-,41-,42-,43-,44-/m0/s1. The predicted molar refractivity (Wildman–Crippen MR) is 383 cm³/mol. The van der Waals surface area contributed by atoms with Crippen LogP contribution in [-0.2, 0) is 52.7 Å². The molecular formula is C60H117N29O13. The number of amides is 10. The number of guanidine groups is 5. The predicted octanol–water partition coefficient (Wildman–Crippen LogP) is -10.2. The van der Waals surface area contributed by atoms with Gasteiger partial charge in [0, 0.05) is 39.3 Å². The van der Waals surface area contributed by atoms with Gasteiger partial charge in [-0.15, -0.1) is 0 Å². The van der Waals surface area contributed by atoms with E-state index in [0.29, 0.717) is 38.5 Å². The van der Waals surface area contributed by atoms with Crippen LogP contribution < -0.4 is 128 Å². The number of nitrogens with two attached hydrogens (primary N) is 14. The Bertz CT molecular complexity index is 2810. The van der Waals surface area contributed by atoms with Crippen LogP contribution in [0, 0.1) is 0 Å². The summed E-state index contributed by atoms with van der Waals surface area (Å²) in [6, 6.07) is -15.1. The minimum Gasteiger partial charge on any atom is -0.480 e. The number of hydrogen-bond donors (Lipinski definition) is 25. The monoisotopic (exact) mass is 1450 g/mol. The van der Waals surface area contributed by atoms with Gasteiger partial charge in [0.2, 0.25) is 59.1 Å². The molecule has 1 aliphatic rings. The molecule has 0 radical (unpaired) electrons. The summed E-state index contributed by atoms with van der Waals surface area (Å²) in [5, 5.41) is 43.6. The Morgan fingerprint density at radius 1 is 0.382 bits per heavy atom. The highest BCUT2D eigenvalue weighted by atomic mass is 16.4. The van der Waals surface area contributed by atoms with Crippen LogP contribution in [-0.4, -0.2) is 241 Å². The van der Waals surface area contributed by atoms with Crippen molar-refractivity contribution in [3.05, 3.63) is 0 Å². The van der Waals surface area contributed by atoms with Crippen molar-refractivity contribution in [3.63, 3.8) is 0 Å². The molecule has 1 aliphatic heterocycles. The first-order valence-electron chi connectivity index (χ1n) is 34.4. The molecule has 1 heterocycles. The zero-order valence-corrected chi connectivity index (χ0v) is 58.8. The first kappa shape index (κ1) is 90.3. The minimum absolute atomic E-state index is 0.0197. The smallest absolute Gasteiger partial charge is 0.326 e. The van der Waals surface area contributed by atoms with E-state index in [9.17, 15) is 63.0 Å². The Balaban J connectivity index is 3.82. The zero-order chi connectivity index (χ0) is 76.9. The van der Waals surface area contributed by atoms with Crippen molar-refractivity contribution in [3.8, 4) is 0 Å². The highest BCUT2D eigenvalue weighted by Crippen LogP contribution is 2.20. The van der Waals surface area contributed by atoms with Gasteiger partial charge in [-0.1, -0.05) is 0 Å². The second-order valence-corrected chi connectivity index (χ2v) is 24.6. The summed E-state index contributed by atoms with van der Waals surface area (Å²) >= 11 is 0. The van der Waals surface area contributed by atoms with Gasteiger partial charge in [0.1, 0.15) is 66.5 Å². The maximum absolute atomic E-state index is 14.8. The molecule has 39 N–H and O–H groups in total. The molecule has 10 amide bonds. The average Bonchev–Trinajstić information content (AvgIpc) is 1.66. The molecule has 580 valence electrons. The number of carbonyl (C=O) groups excluding carboxylic acids is 10. The normalized spacial score (nSPS) is 15.7. The van der Waals surface area contributed by atoms with Gasteiger partial charge in [-0.05, 0) is 168 Å². The van der Waals surface area contributed by atoms with Crippen molar-refractivity contribution < 1.29 is 63.0 Å². The quantitative estimate of drug-likeness (QED) is 0.0153. The van der Waals surface area contributed by atoms with Crippen molar-refractivity contribution in [1.82, 2.24) is 52.8 Å². The second kappa shape index (κ2) is 50.6. The maximum atomic E-state index is 14.8. The maximum Gasteiger partial charge on any atom is 0.326 e. The molecule has 12 atom stereocenters. The number of rotatable bonds is 53. The molecule has 0 aromatic rings. The number of aliphatic imine (C=N–C) groups is 5. The second-order valence-electron chi connectivity index (χ2n) is 24.6. The summed E-state index contributed by atoms with van der Waals surface area (Å²) < 4.78 is 0. The molecule has 1 fully saturated rings. The molecule has 0 aromatic carbocycles. The fraction of sp³-hybridized carbons (Fsp3) is 0.733. The van der Waals surface area contributed by atoms with E-state index in [0.717, 1.165) is 0 Å². The molecule has 0 spiro atoms. The molecule has 102 heavy (non-hydrogen) atoms. The summed E-state index contributed by atoms with van der Waals surface area (Å²) in [4.78, 5) is 175. The average molecular weight is 1450 g/mol. The van der Waals surface area contributed by atoms with E-state index in [1.807, 2.05) is 0 Å². The van der Waals surface area contributed by atoms with Crippen molar-refractivity contribution in [2.45, 2.75) is 221 Å². The fourth-order valence-corrected chi connectivity index (χ4v) is 10.4. The number of carboxylic acid groups (broad SMARTS) is 1. The Kier molecular flexibility index (Phi) is 44.8. The topological polar surface area (TPSA) is 766 Å². The van der Waals surface area contributed by atoms with Gasteiger partial charge >= 0.3 is 5.97 Å². The first-order chi connectivity index (χ1) is 48.3. The number of aliphatic carboxylic acids is 1. The van der Waals surface area contributed by atoms with Crippen molar-refractivity contribution in [2.24, 2.45) is 105 Å². The molecule has 1 saturated heterocycles. The summed E-state index contributed by atoms with van der Waals surface area (Å²) in [7, 11) is 0. The molecule has 42 heteroatoms. The molecule has 42 nitrogen and oxygen atoms in total. The number of carbonyl (C=O) groups is 11. The highest BCUT2D eigenvalue weighted by molar-refractivity contribution is 5.99. The van der Waals surface area contributed by atoms with E-state index in [1.54, 1.807) is 0 Å². The Labute approximate surface area is 594 Å². The molecule has 0 aromatic heterocycles. The van der Waals surface area contributed by atoms with E-state index in [4.69, 9.17) is 80.3 Å². The van der Waals surface area contributed by atoms with Crippen LogP contribution in [0.4, 0.5) is 0 Å². The number of nitrogens with zero attached hydrogens (tertiary/aromatic N) is 6. The number of aliphatic hydroxyl groups is 1. The van der Waals surface area contributed by atoms with Crippen LogP contribution in [0.5, 0.6) is 0 Å². The third kappa shape index (κ3) is 37.7. The highest BCUT2D eigenvalue weighted by Gasteiger charge is 2.40. The Morgan fingerprint density at radius 3 is 0.912 bits per heavy atom. The molecule has 0 aliphatic carbocycles. The number of unbranched alkanes of at least 4 members (excludes halogenated alkanes) is 3. The largest absolute Gasteiger partial charge is 0.480 e. The van der Waals surface area contributed by atoms with Crippen LogP contribution in [0.1, 0.15) is 149 Å². The molecule has 0 bridgehead atoms. The zero-order valence-electron chi connectivity index (χ0n) is 58.8. The third-order valence-corrected chi connectivity index (χ3v) is 16.0. The van der Waals surface area contributed by atoms with Gasteiger partial charge in [0.05, 0.1) is 6.10 Å². The van der Waals surface area contributed by atoms with E-state index < -0.39 is 138 Å². The summed E-state index contributed by atoms with van der Waals surface area (Å²) in [6.07, 6.45) is 1.33. The summed E-state index contributed by atoms with van der Waals surface area (Å²) in [6.45, 7) is 3.41. The van der Waals surface area contributed by atoms with Crippen LogP contribution in [0.3, 0.4) is 0 Å². The van der Waals surface area contributed by atoms with Gasteiger partial charge in [-0.3, -0.25) is 72.9 Å². The van der Waals surface area contributed by atoms with E-state index in [2.05, 4.69) is 72.8 Å². The fourth-order valence-electron chi connectivity index (χ4n) is 10.4. The van der Waals surface area contributed by atoms with Gasteiger partial charge in [-0.25, -0.2) is 4.79 Å². The Hall–Kier alpha value is -9.68. The summed E-state index contributed by atoms with van der Waals surface area (Å²) in [5.41, 5.74) is 78.8. The van der Waals surface area contributed by atoms with E-state index >= 15 is 0 Å². The van der Waals surface area contributed by atoms with E-state index in [-0.39, 0.29) is 185 Å². The Morgan fingerprint density at radius 2 is 0.637 bits per heavy atom. The molecular weight excluding hydrogens is 1330 g/mol. The molecule has 0 saturated carbocycles. The van der Waals surface area contributed by atoms with Gasteiger partial charge in [0.25, 0.3) is 0 Å². The van der Waals surface area contributed by atoms with Crippen LogP contribution in [0.2, 0.25) is 0 Å². The van der Waals surface area contributed by atoms with Gasteiger partial charge < -0.3 is 143 Å². The lowest BCUT2D eigenvalue weighted by Crippen LogP contribution is -2.60. The number of carboxylic acids is 1. The number of hydrogen-bond acceptors (Lipinski definition) is 21. The van der Waals surface area contributed by atoms with E-state index in [1.165, 1.54) is 18.7 Å². The van der Waals surface area contributed by atoms with Gasteiger partial charge in [-0.2, -0.15) is 0 Å². The van der Waals surface area contributed by atoms with Crippen molar-refractivity contribution in [1.29, 1.82) is 0 Å². The van der Waals surface area contributed by atoms with Crippen LogP contribution in [0.15, 0.2) is 25.0 Å². The lowest BCUT2D eigenvalue weighted by Gasteiger charge is -2.29. The SMILES string of the molecule is C[C@H](NC(=O)[C@H](CCCN=C(N)N)NC(=O)[C@@H]1CCCN1C(=O)[C@@H](N)[C@@H](C)O)C(=O)N[C@@H](CCCN=C(N)N)C(=O)N[C@@H](CCCN=C(N)N)C(=O)N[C@@H](CCCN=C(N)N)C(=O)N[C@@H](CCCCN)C(=O)N[C@@H](CCCCN)C(=O)N[C@@H](CCCN=C(N)N)C(=O)N[C@@H](CCCCN)C(=O)O. The van der Waals surface area contributed by atoms with Crippen molar-refractivity contribution >= 4 is 94.8 Å². The summed E-state index contributed by atoms with van der Waals surface area (Å²) in [5.74, 6) is -11.2. The van der Waals surface area contributed by atoms with Crippen LogP contribution in [0.25, 0.3) is 0 Å². The lowest BCUT2D eigenvalue weighted by molar-refractivity contribution is -0.142. The van der Waals surface area contributed by atoms with Crippen LogP contribution >= 0.6 is 0 Å². The lowest BCUT2D eigenvalue weighted by atomic mass is 10.0. The number of likely N-dealkylation sites (tertiary alicyclic amines) is 1. The first-order valence-corrected chi connectivity index (χ1v) is 34.4. The number of nitrogens with one attached hydrogen (secondary N) is 9. The third-order valence-electron chi connectivity index (χ3n) is 16.0.